The van der Waals surface area contributed by atoms with Gasteiger partial charge in [0.15, 0.2) is 0 Å². The van der Waals surface area contributed by atoms with Gasteiger partial charge in [0.25, 0.3) is 5.91 Å². The molecule has 0 radical (unpaired) electrons. The molecule has 0 spiro atoms. The second-order valence-electron chi connectivity index (χ2n) is 6.02. The number of nitrogens with zero attached hydrogens (tertiary/aromatic N) is 2. The van der Waals surface area contributed by atoms with E-state index < -0.39 is 5.97 Å². The first-order valence-electron chi connectivity index (χ1n) is 8.92. The zero-order chi connectivity index (χ0) is 19.1. The van der Waals surface area contributed by atoms with Gasteiger partial charge in [-0.25, -0.2) is 14.8 Å². The van der Waals surface area contributed by atoms with Crippen LogP contribution in [0.1, 0.15) is 40.6 Å². The van der Waals surface area contributed by atoms with Crippen LogP contribution < -0.4 is 10.6 Å². The summed E-state index contributed by atoms with van der Waals surface area (Å²) in [5.41, 5.74) is 1.17. The molecular weight excluding hydrogens is 348 g/mol. The molecule has 1 atom stereocenters. The Morgan fingerprint density at radius 1 is 1.30 bits per heavy atom. The molecule has 0 bridgehead atoms. The minimum absolute atomic E-state index is 0.0600. The van der Waals surface area contributed by atoms with Crippen molar-refractivity contribution in [3.05, 3.63) is 47.9 Å². The molecule has 1 aliphatic rings. The molecule has 1 amide bonds. The highest BCUT2D eigenvalue weighted by Crippen LogP contribution is 2.20. The van der Waals surface area contributed by atoms with Crippen LogP contribution in [0.15, 0.2) is 36.7 Å². The van der Waals surface area contributed by atoms with Crippen molar-refractivity contribution in [2.45, 2.75) is 25.9 Å². The van der Waals surface area contributed by atoms with Crippen molar-refractivity contribution in [2.75, 3.05) is 25.1 Å². The number of aromatic nitrogens is 2. The Balaban J connectivity index is 1.69. The van der Waals surface area contributed by atoms with E-state index in [-0.39, 0.29) is 24.3 Å². The maximum absolute atomic E-state index is 12.3. The Kier molecular flexibility index (Phi) is 6.32. The van der Waals surface area contributed by atoms with E-state index in [1.165, 1.54) is 12.4 Å². The highest BCUT2D eigenvalue weighted by atomic mass is 16.5. The van der Waals surface area contributed by atoms with E-state index >= 15 is 0 Å². The van der Waals surface area contributed by atoms with Crippen LogP contribution in [0.3, 0.4) is 0 Å². The van der Waals surface area contributed by atoms with Gasteiger partial charge in [0.1, 0.15) is 17.8 Å². The van der Waals surface area contributed by atoms with Gasteiger partial charge in [0.2, 0.25) is 0 Å². The maximum Gasteiger partial charge on any atom is 0.340 e. The Labute approximate surface area is 157 Å². The van der Waals surface area contributed by atoms with Crippen LogP contribution in [0, 0.1) is 0 Å². The summed E-state index contributed by atoms with van der Waals surface area (Å²) in [6.07, 6.45) is 3.32. The van der Waals surface area contributed by atoms with Gasteiger partial charge in [0, 0.05) is 19.2 Å². The first kappa shape index (κ1) is 18.8. The van der Waals surface area contributed by atoms with Gasteiger partial charge in [-0.3, -0.25) is 4.79 Å². The number of benzene rings is 1. The number of hydrogen-bond donors (Lipinski definition) is 2. The third kappa shape index (κ3) is 5.01. The highest BCUT2D eigenvalue weighted by Gasteiger charge is 2.18. The minimum Gasteiger partial charge on any atom is -0.462 e. The third-order valence-corrected chi connectivity index (χ3v) is 4.10. The molecule has 2 heterocycles. The number of carbonyl (C=O) groups excluding carboxylic acids is 2. The molecule has 8 heteroatoms. The molecule has 1 aromatic carbocycles. The summed E-state index contributed by atoms with van der Waals surface area (Å²) in [5.74, 6) is -0.317. The number of nitrogens with one attached hydrogen (secondary N) is 2. The van der Waals surface area contributed by atoms with E-state index in [0.29, 0.717) is 23.6 Å². The SMILES string of the molecule is CCOC(=O)c1ccccc1Nc1cc(C(=O)NCC2CCCO2)ncn1. The molecule has 8 nitrogen and oxygen atoms in total. The zero-order valence-corrected chi connectivity index (χ0v) is 15.1. The Morgan fingerprint density at radius 2 is 2.15 bits per heavy atom. The second-order valence-corrected chi connectivity index (χ2v) is 6.02. The average Bonchev–Trinajstić information content (AvgIpc) is 3.20. The number of ether oxygens (including phenoxy) is 2. The standard InChI is InChI=1S/C19H22N4O4/c1-2-26-19(25)14-7-3-4-8-15(14)23-17-10-16(21-12-22-17)18(24)20-11-13-6-5-9-27-13/h3-4,7-8,10,12-13H,2,5-6,9,11H2,1H3,(H,20,24)(H,21,22,23). The number of esters is 1. The Hall–Kier alpha value is -3.00. The molecule has 1 unspecified atom stereocenters. The van der Waals surface area contributed by atoms with Crippen molar-refractivity contribution in [1.29, 1.82) is 0 Å². The third-order valence-electron chi connectivity index (χ3n) is 4.10. The van der Waals surface area contributed by atoms with E-state index in [2.05, 4.69) is 20.6 Å². The van der Waals surface area contributed by atoms with Crippen molar-refractivity contribution in [2.24, 2.45) is 0 Å². The smallest absolute Gasteiger partial charge is 0.340 e. The molecule has 1 aromatic heterocycles. The topological polar surface area (TPSA) is 102 Å². The molecule has 0 saturated carbocycles. The van der Waals surface area contributed by atoms with Crippen molar-refractivity contribution in [3.63, 3.8) is 0 Å². The molecule has 1 aliphatic heterocycles. The predicted octanol–water partition coefficient (Wildman–Crippen LogP) is 2.31. The first-order chi connectivity index (χ1) is 13.2. The van der Waals surface area contributed by atoms with Crippen molar-refractivity contribution >= 4 is 23.4 Å². The van der Waals surface area contributed by atoms with Gasteiger partial charge in [-0.2, -0.15) is 0 Å². The summed E-state index contributed by atoms with van der Waals surface area (Å²) in [4.78, 5) is 32.5. The predicted molar refractivity (Wildman–Crippen MR) is 99.0 cm³/mol. The van der Waals surface area contributed by atoms with E-state index in [0.717, 1.165) is 19.4 Å². The molecule has 27 heavy (non-hydrogen) atoms. The van der Waals surface area contributed by atoms with Crippen LogP contribution >= 0.6 is 0 Å². The summed E-state index contributed by atoms with van der Waals surface area (Å²) in [6.45, 7) is 3.23. The quantitative estimate of drug-likeness (QED) is 0.721. The number of hydrogen-bond acceptors (Lipinski definition) is 7. The molecule has 2 aromatic rings. The molecule has 2 N–H and O–H groups in total. The fourth-order valence-electron chi connectivity index (χ4n) is 2.77. The number of rotatable bonds is 7. The van der Waals surface area contributed by atoms with E-state index in [4.69, 9.17) is 9.47 Å². The Morgan fingerprint density at radius 3 is 2.93 bits per heavy atom. The van der Waals surface area contributed by atoms with Crippen LogP contribution in [0.2, 0.25) is 0 Å². The molecule has 3 rings (SSSR count). The highest BCUT2D eigenvalue weighted by molar-refractivity contribution is 5.97. The number of amides is 1. The summed E-state index contributed by atoms with van der Waals surface area (Å²) < 4.78 is 10.6. The lowest BCUT2D eigenvalue weighted by molar-refractivity contribution is 0.0527. The van der Waals surface area contributed by atoms with Crippen LogP contribution in [0.4, 0.5) is 11.5 Å². The lowest BCUT2D eigenvalue weighted by atomic mass is 10.2. The van der Waals surface area contributed by atoms with Crippen molar-refractivity contribution in [1.82, 2.24) is 15.3 Å². The lowest BCUT2D eigenvalue weighted by Gasteiger charge is -2.12. The molecule has 0 aliphatic carbocycles. The largest absolute Gasteiger partial charge is 0.462 e. The van der Waals surface area contributed by atoms with Gasteiger partial charge in [-0.15, -0.1) is 0 Å². The van der Waals surface area contributed by atoms with Crippen molar-refractivity contribution in [3.8, 4) is 0 Å². The maximum atomic E-state index is 12.3. The number of para-hydroxylation sites is 1. The van der Waals surface area contributed by atoms with Gasteiger partial charge in [-0.05, 0) is 31.9 Å². The van der Waals surface area contributed by atoms with E-state index in [1.807, 2.05) is 0 Å². The van der Waals surface area contributed by atoms with E-state index in [9.17, 15) is 9.59 Å². The second kappa shape index (κ2) is 9.09. The van der Waals surface area contributed by atoms with Crippen LogP contribution in [0.5, 0.6) is 0 Å². The number of carbonyl (C=O) groups is 2. The normalized spacial score (nSPS) is 16.0. The number of anilines is 2. The molecular formula is C19H22N4O4. The Bertz CT molecular complexity index is 806. The summed E-state index contributed by atoms with van der Waals surface area (Å²) in [5, 5.41) is 5.87. The summed E-state index contributed by atoms with van der Waals surface area (Å²) >= 11 is 0. The molecule has 1 fully saturated rings. The lowest BCUT2D eigenvalue weighted by Crippen LogP contribution is -2.32. The zero-order valence-electron chi connectivity index (χ0n) is 15.1. The molecule has 142 valence electrons. The van der Waals surface area contributed by atoms with Crippen molar-refractivity contribution < 1.29 is 19.1 Å². The monoisotopic (exact) mass is 370 g/mol. The van der Waals surface area contributed by atoms with Gasteiger partial charge >= 0.3 is 5.97 Å². The van der Waals surface area contributed by atoms with Gasteiger partial charge < -0.3 is 20.1 Å². The van der Waals surface area contributed by atoms with Gasteiger partial charge in [0.05, 0.1) is 24.0 Å². The summed E-state index contributed by atoms with van der Waals surface area (Å²) in [7, 11) is 0. The van der Waals surface area contributed by atoms with Crippen LogP contribution in [0.25, 0.3) is 0 Å². The van der Waals surface area contributed by atoms with Gasteiger partial charge in [-0.1, -0.05) is 12.1 Å². The summed E-state index contributed by atoms with van der Waals surface area (Å²) in [6, 6.07) is 8.48. The van der Waals surface area contributed by atoms with Crippen LogP contribution in [-0.4, -0.2) is 47.7 Å². The molecule has 1 saturated heterocycles. The van der Waals surface area contributed by atoms with Crippen LogP contribution in [-0.2, 0) is 9.47 Å². The minimum atomic E-state index is -0.427. The average molecular weight is 370 g/mol. The van der Waals surface area contributed by atoms with E-state index in [1.54, 1.807) is 31.2 Å². The first-order valence-corrected chi connectivity index (χ1v) is 8.92. The fraction of sp³-hybridized carbons (Fsp3) is 0.368. The fourth-order valence-corrected chi connectivity index (χ4v) is 2.77.